The van der Waals surface area contributed by atoms with Gasteiger partial charge in [0.05, 0.1) is 0 Å². The van der Waals surface area contributed by atoms with Gasteiger partial charge in [0.1, 0.15) is 18.4 Å². The van der Waals surface area contributed by atoms with Crippen LogP contribution in [0.1, 0.15) is 11.7 Å². The number of ether oxygens (including phenoxy) is 2. The third-order valence-corrected chi connectivity index (χ3v) is 2.84. The Hall–Kier alpha value is -1.12. The molecule has 0 spiro atoms. The highest BCUT2D eigenvalue weighted by molar-refractivity contribution is 9.09. The number of nitrogens with zero attached hydrogens (tertiary/aromatic N) is 1. The van der Waals surface area contributed by atoms with E-state index in [-0.39, 0.29) is 12.4 Å². The molecule has 0 radical (unpaired) electrons. The van der Waals surface area contributed by atoms with E-state index in [9.17, 15) is 18.9 Å². The molecule has 1 unspecified atom stereocenters. The number of methoxy groups -OCH3 is 1. The van der Waals surface area contributed by atoms with Gasteiger partial charge in [-0.1, -0.05) is 0 Å². The molecule has 0 aliphatic rings. The molecular weight excluding hydrogens is 316 g/mol. The third kappa shape index (κ3) is 3.97. The second-order valence-electron chi connectivity index (χ2n) is 3.35. The summed E-state index contributed by atoms with van der Waals surface area (Å²) in [6.07, 6.45) is -1.16. The minimum atomic E-state index is -1.34. The second-order valence-corrected chi connectivity index (χ2v) is 4.29. The second kappa shape index (κ2) is 6.72. The van der Waals surface area contributed by atoms with Crippen molar-refractivity contribution in [3.63, 3.8) is 0 Å². The summed E-state index contributed by atoms with van der Waals surface area (Å²) in [5.41, 5.74) is 0.0168. The predicted molar refractivity (Wildman–Crippen MR) is 61.8 cm³/mol. The van der Waals surface area contributed by atoms with Crippen molar-refractivity contribution < 1.29 is 23.2 Å². The molecule has 0 aliphatic carbocycles. The Morgan fingerprint density at radius 3 is 2.39 bits per heavy atom. The van der Waals surface area contributed by atoms with Crippen molar-refractivity contribution in [2.75, 3.05) is 13.9 Å². The van der Waals surface area contributed by atoms with E-state index in [0.29, 0.717) is 6.07 Å². The zero-order valence-corrected chi connectivity index (χ0v) is 10.9. The largest absolute Gasteiger partial charge is 0.359 e. The van der Waals surface area contributed by atoms with Gasteiger partial charge in [0.2, 0.25) is 0 Å². The number of hydrogen-bond donors (Lipinski definition) is 0. The van der Waals surface area contributed by atoms with Crippen molar-refractivity contribution >= 4 is 15.9 Å². The van der Waals surface area contributed by atoms with E-state index in [1.807, 2.05) is 0 Å². The summed E-state index contributed by atoms with van der Waals surface area (Å²) < 4.78 is 35.8. The first-order chi connectivity index (χ1) is 8.45. The van der Waals surface area contributed by atoms with Gasteiger partial charge in [-0.25, -0.2) is 8.78 Å². The molecule has 0 aromatic heterocycles. The fourth-order valence-electron chi connectivity index (χ4n) is 1.33. The zero-order valence-electron chi connectivity index (χ0n) is 9.31. The molecule has 0 fully saturated rings. The highest BCUT2D eigenvalue weighted by atomic mass is 79.9. The normalized spacial score (nSPS) is 14.2. The Bertz CT molecular complexity index is 412. The maximum Gasteiger partial charge on any atom is 0.295 e. The Labute approximate surface area is 110 Å². The van der Waals surface area contributed by atoms with Crippen LogP contribution in [0.2, 0.25) is 0 Å². The monoisotopic (exact) mass is 325 g/mol. The lowest BCUT2D eigenvalue weighted by Gasteiger charge is -2.17. The summed E-state index contributed by atoms with van der Waals surface area (Å²) in [7, 11) is 1.33. The van der Waals surface area contributed by atoms with Gasteiger partial charge in [-0.05, 0) is 33.6 Å². The molecule has 1 rings (SSSR count). The summed E-state index contributed by atoms with van der Waals surface area (Å²) >= 11 is 2.80. The molecule has 0 heterocycles. The highest BCUT2D eigenvalue weighted by Gasteiger charge is 2.31. The summed E-state index contributed by atoms with van der Waals surface area (Å²) in [6, 6.07) is 2.62. The van der Waals surface area contributed by atoms with E-state index in [2.05, 4.69) is 20.7 Å². The highest BCUT2D eigenvalue weighted by Crippen LogP contribution is 2.28. The lowest BCUT2D eigenvalue weighted by molar-refractivity contribution is -0.507. The van der Waals surface area contributed by atoms with Crippen molar-refractivity contribution in [1.82, 2.24) is 0 Å². The molecule has 0 saturated carbocycles. The maximum absolute atomic E-state index is 13.1. The standard InChI is InChI=1S/C10H10BrF2NO4/c1-17-5-18-9(10(11)14(15)16)6-2-7(12)4-8(13)3-6/h2-4,9-10H,5H2,1H3/t9-,10?/m0/s1. The topological polar surface area (TPSA) is 61.6 Å². The van der Waals surface area contributed by atoms with Gasteiger partial charge in [-0.3, -0.25) is 10.1 Å². The Morgan fingerprint density at radius 2 is 1.94 bits per heavy atom. The molecule has 0 amide bonds. The molecule has 8 heteroatoms. The van der Waals surface area contributed by atoms with Crippen LogP contribution in [0.25, 0.3) is 0 Å². The molecule has 2 atom stereocenters. The molecule has 0 bridgehead atoms. The number of alkyl halides is 1. The van der Waals surface area contributed by atoms with Crippen molar-refractivity contribution in [3.05, 3.63) is 45.5 Å². The molecule has 1 aromatic rings. The van der Waals surface area contributed by atoms with Crippen LogP contribution in [0.3, 0.4) is 0 Å². The molecule has 5 nitrogen and oxygen atoms in total. The lowest BCUT2D eigenvalue weighted by Crippen LogP contribution is -2.24. The maximum atomic E-state index is 13.1. The van der Waals surface area contributed by atoms with Gasteiger partial charge in [0.15, 0.2) is 6.10 Å². The SMILES string of the molecule is COCO[C@@H](c1cc(F)cc(F)c1)C(Br)[N+](=O)[O-]. The van der Waals surface area contributed by atoms with Crippen molar-refractivity contribution in [2.24, 2.45) is 0 Å². The van der Waals surface area contributed by atoms with Gasteiger partial charge in [-0.15, -0.1) is 0 Å². The summed E-state index contributed by atoms with van der Waals surface area (Å²) in [5, 5.41) is 10.7. The fraction of sp³-hybridized carbons (Fsp3) is 0.400. The molecule has 1 aromatic carbocycles. The first kappa shape index (κ1) is 14.9. The number of halogens is 3. The Morgan fingerprint density at radius 1 is 1.39 bits per heavy atom. The number of nitro groups is 1. The van der Waals surface area contributed by atoms with Crippen LogP contribution in [0.15, 0.2) is 18.2 Å². The van der Waals surface area contributed by atoms with Crippen LogP contribution >= 0.6 is 15.9 Å². The van der Waals surface area contributed by atoms with Crippen LogP contribution in [0, 0.1) is 21.7 Å². The van der Waals surface area contributed by atoms with Gasteiger partial charge in [0, 0.05) is 18.1 Å². The van der Waals surface area contributed by atoms with Crippen LogP contribution in [-0.2, 0) is 9.47 Å². The Kier molecular flexibility index (Phi) is 5.57. The van der Waals surface area contributed by atoms with Gasteiger partial charge in [-0.2, -0.15) is 0 Å². The summed E-state index contributed by atoms with van der Waals surface area (Å²) in [5.74, 6) is -1.67. The first-order valence-electron chi connectivity index (χ1n) is 4.79. The van der Waals surface area contributed by atoms with Crippen LogP contribution in [0.4, 0.5) is 8.78 Å². The smallest absolute Gasteiger partial charge is 0.295 e. The van der Waals surface area contributed by atoms with E-state index >= 15 is 0 Å². The quantitative estimate of drug-likeness (QED) is 0.265. The molecular formula is C10H10BrF2NO4. The van der Waals surface area contributed by atoms with Crippen molar-refractivity contribution in [3.8, 4) is 0 Å². The van der Waals surface area contributed by atoms with E-state index in [1.165, 1.54) is 7.11 Å². The van der Waals surface area contributed by atoms with E-state index in [1.54, 1.807) is 0 Å². The van der Waals surface area contributed by atoms with Gasteiger partial charge >= 0.3 is 0 Å². The molecule has 18 heavy (non-hydrogen) atoms. The molecule has 0 aliphatic heterocycles. The van der Waals surface area contributed by atoms with E-state index in [0.717, 1.165) is 12.1 Å². The average Bonchev–Trinajstić information content (AvgIpc) is 2.27. The third-order valence-electron chi connectivity index (χ3n) is 2.03. The minimum Gasteiger partial charge on any atom is -0.359 e. The minimum absolute atomic E-state index is 0.0168. The summed E-state index contributed by atoms with van der Waals surface area (Å²) in [6.45, 7) is -0.237. The number of hydrogen-bond acceptors (Lipinski definition) is 4. The van der Waals surface area contributed by atoms with Gasteiger partial charge in [0.25, 0.3) is 4.95 Å². The fourth-order valence-corrected chi connectivity index (χ4v) is 1.78. The van der Waals surface area contributed by atoms with E-state index < -0.39 is 27.6 Å². The van der Waals surface area contributed by atoms with Crippen LogP contribution in [0.5, 0.6) is 0 Å². The number of rotatable bonds is 6. The van der Waals surface area contributed by atoms with Gasteiger partial charge < -0.3 is 9.47 Å². The average molecular weight is 326 g/mol. The number of benzene rings is 1. The molecule has 100 valence electrons. The Balaban J connectivity index is 3.04. The van der Waals surface area contributed by atoms with E-state index in [4.69, 9.17) is 4.74 Å². The zero-order chi connectivity index (χ0) is 13.7. The lowest BCUT2D eigenvalue weighted by atomic mass is 10.1. The molecule has 0 saturated heterocycles. The van der Waals surface area contributed by atoms with Crippen molar-refractivity contribution in [2.45, 2.75) is 11.1 Å². The predicted octanol–water partition coefficient (Wildman–Crippen LogP) is 2.62. The first-order valence-corrected chi connectivity index (χ1v) is 5.71. The van der Waals surface area contributed by atoms with Crippen molar-refractivity contribution in [1.29, 1.82) is 0 Å². The van der Waals surface area contributed by atoms with Crippen LogP contribution < -0.4 is 0 Å². The molecule has 0 N–H and O–H groups in total. The van der Waals surface area contributed by atoms with Crippen LogP contribution in [-0.4, -0.2) is 23.8 Å². The summed E-state index contributed by atoms with van der Waals surface area (Å²) in [4.78, 5) is 8.69.